The van der Waals surface area contributed by atoms with Gasteiger partial charge in [0.05, 0.1) is 13.2 Å². The van der Waals surface area contributed by atoms with Crippen LogP contribution in [-0.4, -0.2) is 17.3 Å². The van der Waals surface area contributed by atoms with E-state index < -0.39 is 0 Å². The molecule has 2 rings (SSSR count). The van der Waals surface area contributed by atoms with Crippen LogP contribution in [0.25, 0.3) is 0 Å². The van der Waals surface area contributed by atoms with E-state index >= 15 is 0 Å². The zero-order chi connectivity index (χ0) is 13.7. The number of nitrogens with zero attached hydrogens (tertiary/aromatic N) is 2. The van der Waals surface area contributed by atoms with Gasteiger partial charge in [-0.15, -0.1) is 10.2 Å². The molecule has 1 aromatic carbocycles. The van der Waals surface area contributed by atoms with Crippen LogP contribution in [0.1, 0.15) is 36.9 Å². The molecular formula is C14H19N3OS. The van der Waals surface area contributed by atoms with E-state index in [0.29, 0.717) is 0 Å². The minimum absolute atomic E-state index is 0.189. The van der Waals surface area contributed by atoms with Crippen molar-refractivity contribution in [2.45, 2.75) is 32.7 Å². The Labute approximate surface area is 117 Å². The fourth-order valence-electron chi connectivity index (χ4n) is 1.96. The number of hydrogen-bond acceptors (Lipinski definition) is 5. The first kappa shape index (κ1) is 13.8. The third-order valence-corrected chi connectivity index (χ3v) is 3.99. The molecule has 1 heterocycles. The number of para-hydroxylation sites is 1. The van der Waals surface area contributed by atoms with Gasteiger partial charge in [0.1, 0.15) is 10.8 Å². The SMILES string of the molecule is CCc1nnc(NC(CC)c2ccccc2OC)s1. The second kappa shape index (κ2) is 6.52. The molecule has 4 nitrogen and oxygen atoms in total. The van der Waals surface area contributed by atoms with Gasteiger partial charge in [0, 0.05) is 5.56 Å². The van der Waals surface area contributed by atoms with Crippen molar-refractivity contribution in [3.8, 4) is 5.75 Å². The average molecular weight is 277 g/mol. The van der Waals surface area contributed by atoms with Crippen molar-refractivity contribution in [1.82, 2.24) is 10.2 Å². The number of benzene rings is 1. The first-order valence-electron chi connectivity index (χ1n) is 6.50. The van der Waals surface area contributed by atoms with Crippen LogP contribution in [0.3, 0.4) is 0 Å². The standard InChI is InChI=1S/C14H19N3OS/c1-4-11(10-8-6-7-9-12(10)18-3)15-14-17-16-13(5-2)19-14/h6-9,11H,4-5H2,1-3H3,(H,15,17). The lowest BCUT2D eigenvalue weighted by molar-refractivity contribution is 0.406. The lowest BCUT2D eigenvalue weighted by atomic mass is 10.0. The molecule has 0 spiro atoms. The summed E-state index contributed by atoms with van der Waals surface area (Å²) in [7, 11) is 1.70. The van der Waals surface area contributed by atoms with E-state index in [1.807, 2.05) is 18.2 Å². The van der Waals surface area contributed by atoms with Crippen molar-refractivity contribution >= 4 is 16.5 Å². The lowest BCUT2D eigenvalue weighted by Crippen LogP contribution is -2.10. The maximum absolute atomic E-state index is 5.42. The lowest BCUT2D eigenvalue weighted by Gasteiger charge is -2.19. The monoisotopic (exact) mass is 277 g/mol. The third-order valence-electron chi connectivity index (χ3n) is 2.99. The van der Waals surface area contributed by atoms with Gasteiger partial charge < -0.3 is 10.1 Å². The van der Waals surface area contributed by atoms with Crippen LogP contribution < -0.4 is 10.1 Å². The summed E-state index contributed by atoms with van der Waals surface area (Å²) in [6, 6.07) is 8.27. The van der Waals surface area contributed by atoms with Crippen LogP contribution in [0.15, 0.2) is 24.3 Å². The molecule has 1 N–H and O–H groups in total. The fourth-order valence-corrected chi connectivity index (χ4v) is 2.69. The van der Waals surface area contributed by atoms with E-state index in [0.717, 1.165) is 34.3 Å². The molecule has 0 amide bonds. The average Bonchev–Trinajstić information content (AvgIpc) is 2.92. The smallest absolute Gasteiger partial charge is 0.206 e. The van der Waals surface area contributed by atoms with Gasteiger partial charge in [-0.05, 0) is 18.9 Å². The Kier molecular flexibility index (Phi) is 4.74. The highest BCUT2D eigenvalue weighted by molar-refractivity contribution is 7.15. The van der Waals surface area contributed by atoms with E-state index in [-0.39, 0.29) is 6.04 Å². The van der Waals surface area contributed by atoms with E-state index in [9.17, 15) is 0 Å². The number of methoxy groups -OCH3 is 1. The number of rotatable bonds is 6. The summed E-state index contributed by atoms with van der Waals surface area (Å²) in [5.41, 5.74) is 1.15. The van der Waals surface area contributed by atoms with E-state index in [1.165, 1.54) is 0 Å². The van der Waals surface area contributed by atoms with Crippen LogP contribution in [-0.2, 0) is 6.42 Å². The molecular weight excluding hydrogens is 258 g/mol. The zero-order valence-electron chi connectivity index (χ0n) is 11.5. The molecule has 0 aliphatic rings. The van der Waals surface area contributed by atoms with Crippen LogP contribution in [0.4, 0.5) is 5.13 Å². The summed E-state index contributed by atoms with van der Waals surface area (Å²) in [4.78, 5) is 0. The molecule has 1 aromatic heterocycles. The number of ether oxygens (including phenoxy) is 1. The molecule has 19 heavy (non-hydrogen) atoms. The number of hydrogen-bond donors (Lipinski definition) is 1. The Bertz CT molecular complexity index is 527. The highest BCUT2D eigenvalue weighted by Crippen LogP contribution is 2.30. The molecule has 0 saturated heterocycles. The number of anilines is 1. The topological polar surface area (TPSA) is 47.0 Å². The predicted molar refractivity (Wildman–Crippen MR) is 78.9 cm³/mol. The Morgan fingerprint density at radius 1 is 1.26 bits per heavy atom. The van der Waals surface area contributed by atoms with Crippen LogP contribution >= 0.6 is 11.3 Å². The van der Waals surface area contributed by atoms with E-state index in [4.69, 9.17) is 4.74 Å². The highest BCUT2D eigenvalue weighted by atomic mass is 32.1. The molecule has 0 radical (unpaired) electrons. The summed E-state index contributed by atoms with van der Waals surface area (Å²) in [5.74, 6) is 0.905. The number of aryl methyl sites for hydroxylation is 1. The molecule has 1 unspecified atom stereocenters. The quantitative estimate of drug-likeness (QED) is 0.875. The molecule has 1 atom stereocenters. The molecule has 0 bridgehead atoms. The molecule has 0 aliphatic heterocycles. The molecule has 0 aliphatic carbocycles. The normalized spacial score (nSPS) is 12.2. The summed E-state index contributed by atoms with van der Waals surface area (Å²) < 4.78 is 5.42. The van der Waals surface area contributed by atoms with E-state index in [1.54, 1.807) is 18.4 Å². The fraction of sp³-hybridized carbons (Fsp3) is 0.429. The number of nitrogens with one attached hydrogen (secondary N) is 1. The van der Waals surface area contributed by atoms with Gasteiger partial charge in [0.2, 0.25) is 5.13 Å². The minimum atomic E-state index is 0.189. The van der Waals surface area contributed by atoms with Crippen LogP contribution in [0.2, 0.25) is 0 Å². The van der Waals surface area contributed by atoms with Crippen LogP contribution in [0.5, 0.6) is 5.75 Å². The van der Waals surface area contributed by atoms with Crippen molar-refractivity contribution in [3.63, 3.8) is 0 Å². The van der Waals surface area contributed by atoms with Gasteiger partial charge in [-0.3, -0.25) is 0 Å². The molecule has 0 saturated carbocycles. The van der Waals surface area contributed by atoms with Gasteiger partial charge in [0.25, 0.3) is 0 Å². The minimum Gasteiger partial charge on any atom is -0.496 e. The van der Waals surface area contributed by atoms with Crippen LogP contribution in [0, 0.1) is 0 Å². The Hall–Kier alpha value is -1.62. The summed E-state index contributed by atoms with van der Waals surface area (Å²) in [5, 5.41) is 13.7. The van der Waals surface area contributed by atoms with Crippen molar-refractivity contribution in [1.29, 1.82) is 0 Å². The Morgan fingerprint density at radius 2 is 2.05 bits per heavy atom. The second-order valence-corrected chi connectivity index (χ2v) is 5.26. The maximum Gasteiger partial charge on any atom is 0.206 e. The Morgan fingerprint density at radius 3 is 2.68 bits per heavy atom. The molecule has 0 fully saturated rings. The largest absolute Gasteiger partial charge is 0.496 e. The molecule has 5 heteroatoms. The van der Waals surface area contributed by atoms with Crippen molar-refractivity contribution < 1.29 is 4.74 Å². The summed E-state index contributed by atoms with van der Waals surface area (Å²) >= 11 is 1.61. The van der Waals surface area contributed by atoms with Gasteiger partial charge in [-0.25, -0.2) is 0 Å². The summed E-state index contributed by atoms with van der Waals surface area (Å²) in [6.07, 6.45) is 1.88. The van der Waals surface area contributed by atoms with Crippen molar-refractivity contribution in [2.24, 2.45) is 0 Å². The van der Waals surface area contributed by atoms with Crippen molar-refractivity contribution in [3.05, 3.63) is 34.8 Å². The third kappa shape index (κ3) is 3.23. The number of aromatic nitrogens is 2. The van der Waals surface area contributed by atoms with Gasteiger partial charge in [0.15, 0.2) is 0 Å². The van der Waals surface area contributed by atoms with E-state index in [2.05, 4.69) is 35.4 Å². The maximum atomic E-state index is 5.42. The Balaban J connectivity index is 2.19. The summed E-state index contributed by atoms with van der Waals surface area (Å²) in [6.45, 7) is 4.23. The molecule has 2 aromatic rings. The van der Waals surface area contributed by atoms with Gasteiger partial charge in [-0.2, -0.15) is 0 Å². The first-order chi connectivity index (χ1) is 9.28. The highest BCUT2D eigenvalue weighted by Gasteiger charge is 2.15. The predicted octanol–water partition coefficient (Wildman–Crippen LogP) is 3.67. The molecule has 102 valence electrons. The second-order valence-electron chi connectivity index (χ2n) is 4.20. The van der Waals surface area contributed by atoms with Gasteiger partial charge in [-0.1, -0.05) is 43.4 Å². The van der Waals surface area contributed by atoms with Crippen molar-refractivity contribution in [2.75, 3.05) is 12.4 Å². The zero-order valence-corrected chi connectivity index (χ0v) is 12.3. The first-order valence-corrected chi connectivity index (χ1v) is 7.32. The van der Waals surface area contributed by atoms with Gasteiger partial charge >= 0.3 is 0 Å².